The SMILES string of the molecule is CCC(C)c1cc2c(-c3ccccc3C)c(-c3ccccc3)ccc2[cH-]1.[Cl][Zr+2][Cl].[c-]1cccc2c1[Si]c1ccccc1-2. The number of hydrogen-bond acceptors (Lipinski definition) is 0. The fourth-order valence-electron chi connectivity index (χ4n) is 5.55. The molecule has 0 spiro atoms. The normalized spacial score (nSPS) is 11.7. The standard InChI is InChI=1S/C26H25.C12H7Si.2ClH.Zr/c1-4-18(2)22-16-21-14-15-24(20-11-6-5-7-12-20)26(25(21)17-22)23-13-9-8-10-19(23)3;1-3-7-11-9(5-1)10-6-2-4-8-12(10)13-11;;;/h5-18H,4H2,1-3H3;1-7H;2*1H;/q2*-1;;;+4/p-2. The van der Waals surface area contributed by atoms with Gasteiger partial charge in [0.1, 0.15) is 0 Å². The zero-order chi connectivity index (χ0) is 29.5. The molecule has 0 aliphatic carbocycles. The third kappa shape index (κ3) is 6.79. The molecule has 2 radical (unpaired) electrons. The van der Waals surface area contributed by atoms with E-state index in [1.165, 1.54) is 72.1 Å². The molecule has 1 unspecified atom stereocenters. The number of benzene rings is 5. The average molecular weight is 679 g/mol. The van der Waals surface area contributed by atoms with Gasteiger partial charge in [-0.15, -0.1) is 34.0 Å². The Bertz CT molecular complexity index is 1730. The van der Waals surface area contributed by atoms with Crippen LogP contribution in [-0.4, -0.2) is 9.52 Å². The molecule has 0 saturated heterocycles. The van der Waals surface area contributed by atoms with Crippen LogP contribution in [0.1, 0.15) is 37.3 Å². The molecule has 0 saturated carbocycles. The Morgan fingerprint density at radius 3 is 2.19 bits per heavy atom. The van der Waals surface area contributed by atoms with Crippen molar-refractivity contribution in [2.24, 2.45) is 0 Å². The molecule has 7 rings (SSSR count). The second-order valence-corrected chi connectivity index (χ2v) is 15.5. The summed E-state index contributed by atoms with van der Waals surface area (Å²) in [6, 6.07) is 47.0. The van der Waals surface area contributed by atoms with Crippen LogP contribution in [0.3, 0.4) is 0 Å². The molecule has 0 nitrogen and oxygen atoms in total. The van der Waals surface area contributed by atoms with E-state index in [-0.39, 0.29) is 0 Å². The molecule has 206 valence electrons. The minimum Gasteiger partial charge on any atom is -0.184 e. The van der Waals surface area contributed by atoms with Crippen molar-refractivity contribution in [2.45, 2.75) is 33.1 Å². The minimum absolute atomic E-state index is 0.590. The Labute approximate surface area is 271 Å². The van der Waals surface area contributed by atoms with Crippen LogP contribution in [-0.2, 0) is 20.8 Å². The van der Waals surface area contributed by atoms with Gasteiger partial charge in [-0.2, -0.15) is 35.5 Å². The van der Waals surface area contributed by atoms with Gasteiger partial charge in [0.05, 0.1) is 9.52 Å². The summed E-state index contributed by atoms with van der Waals surface area (Å²) in [6.45, 7) is 6.79. The van der Waals surface area contributed by atoms with E-state index >= 15 is 0 Å². The van der Waals surface area contributed by atoms with Gasteiger partial charge in [-0.1, -0.05) is 122 Å². The topological polar surface area (TPSA) is 0 Å². The third-order valence-electron chi connectivity index (χ3n) is 7.93. The predicted molar refractivity (Wildman–Crippen MR) is 181 cm³/mol. The second kappa shape index (κ2) is 14.7. The molecule has 1 aliphatic rings. The number of aryl methyl sites for hydroxylation is 1. The number of halogens is 2. The fourth-order valence-corrected chi connectivity index (χ4v) is 6.86. The molecule has 6 aromatic rings. The van der Waals surface area contributed by atoms with E-state index < -0.39 is 20.8 Å². The van der Waals surface area contributed by atoms with Crippen molar-refractivity contribution in [1.82, 2.24) is 0 Å². The molecule has 4 heteroatoms. The maximum absolute atomic E-state index is 4.93. The van der Waals surface area contributed by atoms with Gasteiger partial charge in [0.15, 0.2) is 0 Å². The van der Waals surface area contributed by atoms with E-state index in [1.807, 2.05) is 6.07 Å². The van der Waals surface area contributed by atoms with Crippen LogP contribution in [0.4, 0.5) is 0 Å². The number of fused-ring (bicyclic) bond motifs is 4. The zero-order valence-corrected chi connectivity index (χ0v) is 29.1. The molecule has 1 heterocycles. The Hall–Kier alpha value is -2.61. The van der Waals surface area contributed by atoms with E-state index in [0.717, 1.165) is 9.52 Å². The van der Waals surface area contributed by atoms with Crippen LogP contribution in [0.2, 0.25) is 0 Å². The first-order valence-corrected chi connectivity index (χ1v) is 21.6. The van der Waals surface area contributed by atoms with Gasteiger partial charge in [0, 0.05) is 0 Å². The van der Waals surface area contributed by atoms with E-state index in [0.29, 0.717) is 5.92 Å². The van der Waals surface area contributed by atoms with Gasteiger partial charge < -0.3 is 0 Å². The van der Waals surface area contributed by atoms with Crippen LogP contribution in [0, 0.1) is 13.0 Å². The Morgan fingerprint density at radius 1 is 0.786 bits per heavy atom. The van der Waals surface area contributed by atoms with E-state index in [1.54, 1.807) is 0 Å². The van der Waals surface area contributed by atoms with Crippen molar-refractivity contribution in [3.63, 3.8) is 0 Å². The average Bonchev–Trinajstić information content (AvgIpc) is 3.64. The maximum atomic E-state index is 4.93. The van der Waals surface area contributed by atoms with E-state index in [2.05, 4.69) is 142 Å². The van der Waals surface area contributed by atoms with Crippen molar-refractivity contribution < 1.29 is 20.8 Å². The largest absolute Gasteiger partial charge is 0.184 e. The summed E-state index contributed by atoms with van der Waals surface area (Å²) in [5, 5.41) is 5.54. The first-order valence-electron chi connectivity index (χ1n) is 14.2. The summed E-state index contributed by atoms with van der Waals surface area (Å²) in [7, 11) is 10.7. The van der Waals surface area contributed by atoms with Crippen LogP contribution < -0.4 is 10.4 Å². The second-order valence-electron chi connectivity index (χ2n) is 10.5. The summed E-state index contributed by atoms with van der Waals surface area (Å²) in [5.41, 5.74) is 10.8. The number of hydrogen-bond donors (Lipinski definition) is 0. The van der Waals surface area contributed by atoms with Crippen molar-refractivity contribution in [1.29, 1.82) is 0 Å². The molecule has 6 aromatic carbocycles. The Balaban J connectivity index is 0.000000183. The van der Waals surface area contributed by atoms with Crippen LogP contribution >= 0.6 is 17.0 Å². The van der Waals surface area contributed by atoms with Crippen LogP contribution in [0.5, 0.6) is 0 Å². The predicted octanol–water partition coefficient (Wildman–Crippen LogP) is 10.2. The van der Waals surface area contributed by atoms with Gasteiger partial charge >= 0.3 is 37.9 Å². The molecule has 0 N–H and O–H groups in total. The van der Waals surface area contributed by atoms with E-state index in [4.69, 9.17) is 17.0 Å². The molecule has 42 heavy (non-hydrogen) atoms. The molecular formula is C38H32Cl2SiZr. The first-order chi connectivity index (χ1) is 20.5. The molecule has 0 aromatic heterocycles. The summed E-state index contributed by atoms with van der Waals surface area (Å²) in [5.74, 6) is 0.590. The molecule has 0 amide bonds. The van der Waals surface area contributed by atoms with Crippen molar-refractivity contribution >= 4 is 47.7 Å². The molecule has 0 bridgehead atoms. The van der Waals surface area contributed by atoms with Gasteiger partial charge in [-0.25, -0.2) is 0 Å². The van der Waals surface area contributed by atoms with E-state index in [9.17, 15) is 0 Å². The summed E-state index contributed by atoms with van der Waals surface area (Å²) >= 11 is -0.826. The van der Waals surface area contributed by atoms with Gasteiger partial charge in [-0.05, 0) is 35.1 Å². The first kappa shape index (κ1) is 30.8. The third-order valence-corrected chi connectivity index (χ3v) is 9.30. The smallest absolute Gasteiger partial charge is 0.0920 e. The molecule has 0 fully saturated rings. The Morgan fingerprint density at radius 2 is 1.45 bits per heavy atom. The van der Waals surface area contributed by atoms with Gasteiger partial charge in [-0.3, -0.25) is 0 Å². The summed E-state index contributed by atoms with van der Waals surface area (Å²) in [6.07, 6.45) is 1.17. The van der Waals surface area contributed by atoms with Gasteiger partial charge in [0.2, 0.25) is 0 Å². The van der Waals surface area contributed by atoms with Gasteiger partial charge in [0.25, 0.3) is 0 Å². The number of rotatable bonds is 4. The monoisotopic (exact) mass is 676 g/mol. The summed E-state index contributed by atoms with van der Waals surface area (Å²) in [4.78, 5) is 0. The quantitative estimate of drug-likeness (QED) is 0.128. The van der Waals surface area contributed by atoms with Crippen molar-refractivity contribution in [2.75, 3.05) is 0 Å². The summed E-state index contributed by atoms with van der Waals surface area (Å²) < 4.78 is 0. The van der Waals surface area contributed by atoms with Crippen molar-refractivity contribution in [3.8, 4) is 33.4 Å². The minimum atomic E-state index is -0.826. The zero-order valence-electron chi connectivity index (χ0n) is 24.1. The maximum Gasteiger partial charge on any atom is 0.0920 e. The molecule has 1 atom stereocenters. The van der Waals surface area contributed by atoms with Crippen LogP contribution in [0.25, 0.3) is 44.2 Å². The molecular weight excluding hydrogens is 647 g/mol. The van der Waals surface area contributed by atoms with Crippen molar-refractivity contribution in [3.05, 3.63) is 139 Å². The fraction of sp³-hybridized carbons (Fsp3) is 0.132. The Kier molecular flexibility index (Phi) is 10.8. The molecule has 1 aliphatic heterocycles. The van der Waals surface area contributed by atoms with Crippen LogP contribution in [0.15, 0.2) is 121 Å².